The molecule has 8 heteroatoms. The average Bonchev–Trinajstić information content (AvgIpc) is 2.91. The van der Waals surface area contributed by atoms with Crippen molar-refractivity contribution in [3.05, 3.63) is 30.4 Å². The molecule has 0 bridgehead atoms. The van der Waals surface area contributed by atoms with Crippen LogP contribution in [-0.4, -0.2) is 25.8 Å². The highest BCUT2D eigenvalue weighted by Crippen LogP contribution is 2.29. The molecule has 4 nitrogen and oxygen atoms in total. The zero-order valence-electron chi connectivity index (χ0n) is 12.6. The van der Waals surface area contributed by atoms with Crippen molar-refractivity contribution in [1.82, 2.24) is 4.98 Å². The van der Waals surface area contributed by atoms with Crippen molar-refractivity contribution in [1.29, 1.82) is 0 Å². The van der Waals surface area contributed by atoms with Gasteiger partial charge in [0.15, 0.2) is 0 Å². The first-order valence-electron chi connectivity index (χ1n) is 7.19. The summed E-state index contributed by atoms with van der Waals surface area (Å²) < 4.78 is 54.5. The highest BCUT2D eigenvalue weighted by molar-refractivity contribution is 7.93. The van der Waals surface area contributed by atoms with E-state index in [1.165, 1.54) is 0 Å². The fourth-order valence-electron chi connectivity index (χ4n) is 2.01. The minimum absolute atomic E-state index is 0.0633. The third kappa shape index (κ3) is 4.97. The molecule has 0 aliphatic rings. The number of aromatic nitrogens is 1. The predicted molar refractivity (Wildman–Crippen MR) is 87.0 cm³/mol. The van der Waals surface area contributed by atoms with Gasteiger partial charge < -0.3 is 4.74 Å². The van der Waals surface area contributed by atoms with E-state index in [0.717, 1.165) is 22.1 Å². The van der Waals surface area contributed by atoms with Crippen LogP contribution in [0.5, 0.6) is 5.75 Å². The number of benzene rings is 1. The Labute approximate surface area is 137 Å². The van der Waals surface area contributed by atoms with Crippen LogP contribution in [0.2, 0.25) is 0 Å². The van der Waals surface area contributed by atoms with E-state index in [4.69, 9.17) is 4.74 Å². The summed E-state index contributed by atoms with van der Waals surface area (Å²) in [5.41, 5.74) is 0.611. The summed E-state index contributed by atoms with van der Waals surface area (Å²) in [4.78, 5) is 4.16. The standard InChI is InChI=1S/C15H17F2NO3S2/c1-2-21-11-7-8-12-13(10-11)22-15(18-12)23(19,20)9-5-3-4-6-14(16)17/h6-8,10H,2-5,9H2,1H3. The quantitative estimate of drug-likeness (QED) is 0.653. The first-order chi connectivity index (χ1) is 10.9. The minimum atomic E-state index is -3.49. The molecule has 1 aromatic carbocycles. The molecule has 0 atom stereocenters. The topological polar surface area (TPSA) is 56.3 Å². The van der Waals surface area contributed by atoms with Gasteiger partial charge in [-0.05, 0) is 50.5 Å². The van der Waals surface area contributed by atoms with Crippen molar-refractivity contribution < 1.29 is 21.9 Å². The lowest BCUT2D eigenvalue weighted by Gasteiger charge is -2.00. The summed E-state index contributed by atoms with van der Waals surface area (Å²) in [6.45, 7) is 2.40. The molecule has 23 heavy (non-hydrogen) atoms. The molecule has 0 unspecified atom stereocenters. The second-order valence-electron chi connectivity index (χ2n) is 4.85. The monoisotopic (exact) mass is 361 g/mol. The number of thiazole rings is 1. The summed E-state index contributed by atoms with van der Waals surface area (Å²) in [5.74, 6) is 0.583. The smallest absolute Gasteiger partial charge is 0.266 e. The SMILES string of the molecule is CCOc1ccc2nc(S(=O)(=O)CCCCC=C(F)F)sc2c1. The molecule has 0 aliphatic heterocycles. The molecule has 0 spiro atoms. The van der Waals surface area contributed by atoms with Crippen LogP contribution in [-0.2, 0) is 9.84 Å². The second-order valence-corrected chi connectivity index (χ2v) is 8.16. The van der Waals surface area contributed by atoms with Crippen molar-refractivity contribution >= 4 is 31.4 Å². The number of rotatable bonds is 8. The average molecular weight is 361 g/mol. The molecule has 2 aromatic rings. The highest BCUT2D eigenvalue weighted by atomic mass is 32.2. The van der Waals surface area contributed by atoms with E-state index in [9.17, 15) is 17.2 Å². The molecule has 126 valence electrons. The zero-order valence-corrected chi connectivity index (χ0v) is 14.2. The van der Waals surface area contributed by atoms with Crippen molar-refractivity contribution in [2.45, 2.75) is 30.5 Å². The number of ether oxygens (including phenoxy) is 1. The van der Waals surface area contributed by atoms with E-state index in [-0.39, 0.29) is 16.5 Å². The van der Waals surface area contributed by atoms with E-state index >= 15 is 0 Å². The van der Waals surface area contributed by atoms with Gasteiger partial charge in [-0.1, -0.05) is 0 Å². The van der Waals surface area contributed by atoms with Crippen molar-refractivity contribution in [3.8, 4) is 5.75 Å². The van der Waals surface area contributed by atoms with Crippen molar-refractivity contribution in [2.24, 2.45) is 0 Å². The van der Waals surface area contributed by atoms with Gasteiger partial charge in [0.1, 0.15) is 5.75 Å². The lowest BCUT2D eigenvalue weighted by atomic mass is 10.2. The van der Waals surface area contributed by atoms with Gasteiger partial charge in [0.05, 0.1) is 22.6 Å². The number of allylic oxidation sites excluding steroid dienone is 1. The van der Waals surface area contributed by atoms with E-state index in [1.54, 1.807) is 18.2 Å². The maximum Gasteiger partial charge on any atom is 0.266 e. The van der Waals surface area contributed by atoms with Gasteiger partial charge in [0.2, 0.25) is 14.2 Å². The summed E-state index contributed by atoms with van der Waals surface area (Å²) in [6.07, 6.45) is -0.0268. The molecular formula is C15H17F2NO3S2. The van der Waals surface area contributed by atoms with Gasteiger partial charge in [0, 0.05) is 0 Å². The Kier molecular flexibility index (Phi) is 6.06. The van der Waals surface area contributed by atoms with Gasteiger partial charge in [-0.15, -0.1) is 11.3 Å². The Morgan fingerprint density at radius 2 is 2.13 bits per heavy atom. The number of hydrogen-bond acceptors (Lipinski definition) is 5. The molecule has 0 amide bonds. The van der Waals surface area contributed by atoms with E-state index < -0.39 is 15.9 Å². The molecule has 2 rings (SSSR count). The van der Waals surface area contributed by atoms with Crippen molar-refractivity contribution in [3.63, 3.8) is 0 Å². The number of nitrogens with zero attached hydrogens (tertiary/aromatic N) is 1. The van der Waals surface area contributed by atoms with E-state index in [1.807, 2.05) is 6.92 Å². The van der Waals surface area contributed by atoms with Crippen LogP contribution in [0.3, 0.4) is 0 Å². The van der Waals surface area contributed by atoms with Gasteiger partial charge in [-0.2, -0.15) is 8.78 Å². The molecule has 0 radical (unpaired) electrons. The molecule has 0 N–H and O–H groups in total. The van der Waals surface area contributed by atoms with E-state index in [2.05, 4.69) is 4.98 Å². The number of halogens is 2. The summed E-state index contributed by atoms with van der Waals surface area (Å²) in [7, 11) is -3.49. The third-order valence-electron chi connectivity index (χ3n) is 3.08. The summed E-state index contributed by atoms with van der Waals surface area (Å²) >= 11 is 1.10. The van der Waals surface area contributed by atoms with Crippen LogP contribution in [0.1, 0.15) is 26.2 Å². The second kappa shape index (κ2) is 7.83. The Hall–Kier alpha value is -1.54. The molecule has 0 aliphatic carbocycles. The van der Waals surface area contributed by atoms with Gasteiger partial charge in [-0.25, -0.2) is 13.4 Å². The summed E-state index contributed by atoms with van der Waals surface area (Å²) in [5, 5.41) is 0. The van der Waals surface area contributed by atoms with E-state index in [0.29, 0.717) is 30.7 Å². The van der Waals surface area contributed by atoms with Crippen LogP contribution in [0.4, 0.5) is 8.78 Å². The van der Waals surface area contributed by atoms with Crippen LogP contribution in [0, 0.1) is 0 Å². The van der Waals surface area contributed by atoms with Gasteiger partial charge >= 0.3 is 0 Å². The number of unbranched alkanes of at least 4 members (excludes halogenated alkanes) is 2. The highest BCUT2D eigenvalue weighted by Gasteiger charge is 2.19. The molecular weight excluding hydrogens is 344 g/mol. The molecule has 1 heterocycles. The number of sulfone groups is 1. The maximum absolute atomic E-state index is 12.3. The Bertz CT molecular complexity index is 796. The molecule has 1 aromatic heterocycles. The number of fused-ring (bicyclic) bond motifs is 1. The lowest BCUT2D eigenvalue weighted by Crippen LogP contribution is -2.06. The number of hydrogen-bond donors (Lipinski definition) is 0. The Morgan fingerprint density at radius 1 is 1.35 bits per heavy atom. The minimum Gasteiger partial charge on any atom is -0.494 e. The van der Waals surface area contributed by atoms with Gasteiger partial charge in [-0.3, -0.25) is 0 Å². The van der Waals surface area contributed by atoms with Crippen LogP contribution in [0.25, 0.3) is 10.2 Å². The molecule has 0 saturated heterocycles. The van der Waals surface area contributed by atoms with Gasteiger partial charge in [0.25, 0.3) is 6.08 Å². The Balaban J connectivity index is 2.07. The third-order valence-corrected chi connectivity index (χ3v) is 6.36. The normalized spacial score (nSPS) is 11.6. The largest absolute Gasteiger partial charge is 0.494 e. The predicted octanol–water partition coefficient (Wildman–Crippen LogP) is 4.42. The van der Waals surface area contributed by atoms with Crippen LogP contribution in [0.15, 0.2) is 34.7 Å². The first kappa shape index (κ1) is 17.8. The fraction of sp³-hybridized carbons (Fsp3) is 0.400. The lowest BCUT2D eigenvalue weighted by molar-refractivity contribution is 0.341. The van der Waals surface area contributed by atoms with Crippen LogP contribution < -0.4 is 4.74 Å². The first-order valence-corrected chi connectivity index (χ1v) is 9.66. The fourth-order valence-corrected chi connectivity index (χ4v) is 4.76. The molecule has 0 fully saturated rings. The van der Waals surface area contributed by atoms with Crippen molar-refractivity contribution in [2.75, 3.05) is 12.4 Å². The molecule has 0 saturated carbocycles. The maximum atomic E-state index is 12.3. The van der Waals surface area contributed by atoms with Crippen LogP contribution >= 0.6 is 11.3 Å². The Morgan fingerprint density at radius 3 is 2.83 bits per heavy atom. The zero-order chi connectivity index (χ0) is 16.9. The summed E-state index contributed by atoms with van der Waals surface area (Å²) in [6, 6.07) is 5.24.